The number of nitrogens with zero attached hydrogens (tertiary/aromatic N) is 1. The van der Waals surface area contributed by atoms with Crippen molar-refractivity contribution in [3.63, 3.8) is 0 Å². The highest BCUT2D eigenvalue weighted by atomic mass is 16.6. The number of aliphatic hydroxyl groups is 2. The molecule has 0 aliphatic rings. The fraction of sp³-hybridized carbons (Fsp3) is 0.462. The van der Waals surface area contributed by atoms with E-state index in [1.165, 1.54) is 25.1 Å². The van der Waals surface area contributed by atoms with Gasteiger partial charge in [-0.2, -0.15) is 0 Å². The predicted octanol–water partition coefficient (Wildman–Crippen LogP) is 0.824. The molecule has 1 aromatic rings. The number of hydrogen-bond acceptors (Lipinski definition) is 5. The molecule has 1 amide bonds. The summed E-state index contributed by atoms with van der Waals surface area (Å²) in [5, 5.41) is 33.1. The van der Waals surface area contributed by atoms with Gasteiger partial charge in [-0.05, 0) is 18.9 Å². The fourth-order valence-electron chi connectivity index (χ4n) is 1.78. The quantitative estimate of drug-likeness (QED) is 0.528. The Labute approximate surface area is 116 Å². The number of carbonyl (C=O) groups is 1. The van der Waals surface area contributed by atoms with Gasteiger partial charge in [-0.25, -0.2) is 0 Å². The maximum atomic E-state index is 10.8. The first-order valence-corrected chi connectivity index (χ1v) is 6.18. The van der Waals surface area contributed by atoms with Crippen molar-refractivity contribution in [3.05, 3.63) is 39.4 Å². The van der Waals surface area contributed by atoms with E-state index in [0.29, 0.717) is 5.56 Å². The number of carbonyl (C=O) groups excluding carboxylic acids is 1. The van der Waals surface area contributed by atoms with Gasteiger partial charge < -0.3 is 15.5 Å². The maximum Gasteiger partial charge on any atom is 0.272 e. The lowest BCUT2D eigenvalue weighted by atomic mass is 10.00. The zero-order valence-electron chi connectivity index (χ0n) is 11.4. The summed E-state index contributed by atoms with van der Waals surface area (Å²) in [5.41, 5.74) is 0.659. The highest BCUT2D eigenvalue weighted by Gasteiger charge is 2.21. The summed E-state index contributed by atoms with van der Waals surface area (Å²) < 4.78 is 0. The summed E-state index contributed by atoms with van der Waals surface area (Å²) in [6.45, 7) is 3.18. The van der Waals surface area contributed by atoms with Crippen LogP contribution in [0.3, 0.4) is 0 Å². The van der Waals surface area contributed by atoms with Crippen molar-refractivity contribution >= 4 is 11.6 Å². The Morgan fingerprint density at radius 3 is 2.65 bits per heavy atom. The van der Waals surface area contributed by atoms with Gasteiger partial charge in [0.1, 0.15) is 6.10 Å². The number of nitro benzene ring substituents is 1. The standard InChI is InChI=1S/C13H18N2O5/c1-8-3-4-10(7-11(8)15(19)20)13(18)12(17)5-6-14-9(2)16/h3-4,7,12-13,17-18H,5-6H2,1-2H3,(H,14,16). The summed E-state index contributed by atoms with van der Waals surface area (Å²) in [7, 11) is 0. The van der Waals surface area contributed by atoms with Crippen LogP contribution in [-0.2, 0) is 4.79 Å². The van der Waals surface area contributed by atoms with Gasteiger partial charge in [0.05, 0.1) is 11.0 Å². The van der Waals surface area contributed by atoms with Crippen LogP contribution in [-0.4, -0.2) is 33.7 Å². The third kappa shape index (κ3) is 4.29. The smallest absolute Gasteiger partial charge is 0.272 e. The highest BCUT2D eigenvalue weighted by molar-refractivity contribution is 5.72. The van der Waals surface area contributed by atoms with Gasteiger partial charge in [0.2, 0.25) is 5.91 Å². The van der Waals surface area contributed by atoms with Crippen LogP contribution in [0.1, 0.15) is 30.6 Å². The first kappa shape index (κ1) is 16.1. The summed E-state index contributed by atoms with van der Waals surface area (Å²) in [6, 6.07) is 4.31. The van der Waals surface area contributed by atoms with Crippen molar-refractivity contribution in [1.29, 1.82) is 0 Å². The molecule has 0 aliphatic heterocycles. The van der Waals surface area contributed by atoms with Gasteiger partial charge in [-0.15, -0.1) is 0 Å². The SMILES string of the molecule is CC(=O)NCCC(O)C(O)c1ccc(C)c([N+](=O)[O-])c1. The first-order valence-electron chi connectivity index (χ1n) is 6.18. The molecule has 110 valence electrons. The van der Waals surface area contributed by atoms with Gasteiger partial charge >= 0.3 is 0 Å². The number of hydrogen-bond donors (Lipinski definition) is 3. The molecule has 1 aromatic carbocycles. The van der Waals surface area contributed by atoms with Crippen LogP contribution in [0.4, 0.5) is 5.69 Å². The monoisotopic (exact) mass is 282 g/mol. The van der Waals surface area contributed by atoms with E-state index in [-0.39, 0.29) is 30.1 Å². The summed E-state index contributed by atoms with van der Waals surface area (Å²) in [6.07, 6.45) is -2.19. The molecular formula is C13H18N2O5. The molecule has 0 bridgehead atoms. The predicted molar refractivity (Wildman–Crippen MR) is 72.1 cm³/mol. The van der Waals surface area contributed by atoms with E-state index in [0.717, 1.165) is 0 Å². The van der Waals surface area contributed by atoms with Gasteiger partial charge in [0.25, 0.3) is 5.69 Å². The van der Waals surface area contributed by atoms with Crippen molar-refractivity contribution in [3.8, 4) is 0 Å². The van der Waals surface area contributed by atoms with Crippen LogP contribution in [0.15, 0.2) is 18.2 Å². The van der Waals surface area contributed by atoms with Gasteiger partial charge in [0.15, 0.2) is 0 Å². The Bertz CT molecular complexity index is 504. The third-order valence-electron chi connectivity index (χ3n) is 2.95. The number of nitro groups is 1. The molecule has 0 heterocycles. The highest BCUT2D eigenvalue weighted by Crippen LogP contribution is 2.25. The molecule has 0 saturated heterocycles. The van der Waals surface area contributed by atoms with Crippen LogP contribution >= 0.6 is 0 Å². The van der Waals surface area contributed by atoms with Gasteiger partial charge in [0, 0.05) is 25.1 Å². The number of rotatable bonds is 6. The largest absolute Gasteiger partial charge is 0.390 e. The molecule has 7 heteroatoms. The molecule has 0 aromatic heterocycles. The summed E-state index contributed by atoms with van der Waals surface area (Å²) in [4.78, 5) is 21.0. The van der Waals surface area contributed by atoms with E-state index >= 15 is 0 Å². The molecular weight excluding hydrogens is 264 g/mol. The van der Waals surface area contributed by atoms with Crippen LogP contribution in [0, 0.1) is 17.0 Å². The topological polar surface area (TPSA) is 113 Å². The second-order valence-electron chi connectivity index (χ2n) is 4.59. The molecule has 3 N–H and O–H groups in total. The molecule has 0 radical (unpaired) electrons. The second-order valence-corrected chi connectivity index (χ2v) is 4.59. The maximum absolute atomic E-state index is 10.8. The number of amides is 1. The number of nitrogens with one attached hydrogen (secondary N) is 1. The average molecular weight is 282 g/mol. The Kier molecular flexibility index (Phi) is 5.60. The number of aryl methyl sites for hydroxylation is 1. The van der Waals surface area contributed by atoms with E-state index in [1.54, 1.807) is 6.92 Å². The Morgan fingerprint density at radius 1 is 1.45 bits per heavy atom. The zero-order valence-corrected chi connectivity index (χ0v) is 11.4. The molecule has 2 atom stereocenters. The molecule has 1 rings (SSSR count). The first-order chi connectivity index (χ1) is 9.32. The molecule has 0 fully saturated rings. The van der Waals surface area contributed by atoms with Crippen molar-refractivity contribution in [2.75, 3.05) is 6.54 Å². The Hall–Kier alpha value is -1.99. The van der Waals surface area contributed by atoms with Crippen molar-refractivity contribution in [2.45, 2.75) is 32.5 Å². The Morgan fingerprint density at radius 2 is 2.10 bits per heavy atom. The minimum atomic E-state index is -1.23. The van der Waals surface area contributed by atoms with E-state index in [9.17, 15) is 25.1 Å². The van der Waals surface area contributed by atoms with E-state index in [1.807, 2.05) is 0 Å². The van der Waals surface area contributed by atoms with E-state index in [4.69, 9.17) is 0 Å². The summed E-state index contributed by atoms with van der Waals surface area (Å²) >= 11 is 0. The number of aliphatic hydroxyl groups excluding tert-OH is 2. The second kappa shape index (κ2) is 6.97. The lowest BCUT2D eigenvalue weighted by molar-refractivity contribution is -0.385. The van der Waals surface area contributed by atoms with E-state index in [2.05, 4.69) is 5.32 Å². The Balaban J connectivity index is 2.76. The third-order valence-corrected chi connectivity index (χ3v) is 2.95. The lowest BCUT2D eigenvalue weighted by Crippen LogP contribution is -2.27. The van der Waals surface area contributed by atoms with Gasteiger partial charge in [-0.1, -0.05) is 12.1 Å². The van der Waals surface area contributed by atoms with Crippen molar-refractivity contribution in [2.24, 2.45) is 0 Å². The van der Waals surface area contributed by atoms with Crippen LogP contribution in [0.25, 0.3) is 0 Å². The van der Waals surface area contributed by atoms with Crippen LogP contribution < -0.4 is 5.32 Å². The normalized spacial score (nSPS) is 13.6. The minimum absolute atomic E-state index is 0.101. The van der Waals surface area contributed by atoms with Crippen LogP contribution in [0.5, 0.6) is 0 Å². The molecule has 2 unspecified atom stereocenters. The fourth-order valence-corrected chi connectivity index (χ4v) is 1.78. The lowest BCUT2D eigenvalue weighted by Gasteiger charge is -2.18. The van der Waals surface area contributed by atoms with Crippen molar-refractivity contribution < 1.29 is 19.9 Å². The van der Waals surface area contributed by atoms with Gasteiger partial charge in [-0.3, -0.25) is 14.9 Å². The zero-order chi connectivity index (χ0) is 15.3. The molecule has 0 aliphatic carbocycles. The molecule has 20 heavy (non-hydrogen) atoms. The van der Waals surface area contributed by atoms with E-state index < -0.39 is 17.1 Å². The summed E-state index contributed by atoms with van der Waals surface area (Å²) in [5.74, 6) is -0.224. The molecule has 0 saturated carbocycles. The minimum Gasteiger partial charge on any atom is -0.390 e. The average Bonchev–Trinajstić information content (AvgIpc) is 2.37. The molecule has 0 spiro atoms. The number of benzene rings is 1. The van der Waals surface area contributed by atoms with Crippen molar-refractivity contribution in [1.82, 2.24) is 5.32 Å². The molecule has 7 nitrogen and oxygen atoms in total. The van der Waals surface area contributed by atoms with Crippen LogP contribution in [0.2, 0.25) is 0 Å².